The van der Waals surface area contributed by atoms with Crippen LogP contribution in [0.25, 0.3) is 6.08 Å². The number of anilines is 1. The minimum Gasteiger partial charge on any atom is -0.454 e. The molecule has 0 heterocycles. The lowest BCUT2D eigenvalue weighted by molar-refractivity contribution is -0.136. The Bertz CT molecular complexity index is 877. The Balaban J connectivity index is 1.82. The topological polar surface area (TPSA) is 81.7 Å². The van der Waals surface area contributed by atoms with E-state index in [1.807, 2.05) is 0 Å². The van der Waals surface area contributed by atoms with Gasteiger partial charge < -0.3 is 14.8 Å². The predicted octanol–water partition coefficient (Wildman–Crippen LogP) is 4.08. The summed E-state index contributed by atoms with van der Waals surface area (Å²) in [5, 5.41) is 2.66. The Labute approximate surface area is 166 Å². The molecule has 29 heavy (non-hydrogen) atoms. The smallest absolute Gasteiger partial charge is 0.387 e. The Kier molecular flexibility index (Phi) is 8.02. The van der Waals surface area contributed by atoms with Crippen LogP contribution in [-0.2, 0) is 14.3 Å². The molecular formula is C21H19F2NO5. The maximum absolute atomic E-state index is 12.1. The summed E-state index contributed by atoms with van der Waals surface area (Å²) in [4.78, 5) is 35.1. The van der Waals surface area contributed by atoms with E-state index in [2.05, 4.69) is 10.1 Å². The molecule has 0 radical (unpaired) electrons. The van der Waals surface area contributed by atoms with Crippen molar-refractivity contribution in [1.82, 2.24) is 0 Å². The third-order valence-corrected chi connectivity index (χ3v) is 3.67. The third kappa shape index (κ3) is 7.53. The van der Waals surface area contributed by atoms with Gasteiger partial charge in [0.2, 0.25) is 5.91 Å². The van der Waals surface area contributed by atoms with Crippen molar-refractivity contribution >= 4 is 29.4 Å². The summed E-state index contributed by atoms with van der Waals surface area (Å²) in [6, 6.07) is 11.9. The summed E-state index contributed by atoms with van der Waals surface area (Å²) in [5.74, 6) is -1.25. The first-order chi connectivity index (χ1) is 13.9. The van der Waals surface area contributed by atoms with Crippen molar-refractivity contribution < 1.29 is 32.6 Å². The lowest BCUT2D eigenvalue weighted by Crippen LogP contribution is -2.13. The minimum absolute atomic E-state index is 0.00519. The maximum Gasteiger partial charge on any atom is 0.387 e. The molecule has 0 unspecified atom stereocenters. The van der Waals surface area contributed by atoms with Crippen LogP contribution in [0.5, 0.6) is 5.75 Å². The number of hydrogen-bond donors (Lipinski definition) is 1. The molecule has 0 aromatic heterocycles. The molecule has 2 rings (SSSR count). The van der Waals surface area contributed by atoms with Crippen LogP contribution in [0, 0.1) is 0 Å². The second-order valence-electron chi connectivity index (χ2n) is 5.79. The van der Waals surface area contributed by atoms with Crippen LogP contribution in [0.15, 0.2) is 54.6 Å². The molecule has 1 amide bonds. The van der Waals surface area contributed by atoms with Crippen molar-refractivity contribution in [2.75, 3.05) is 11.9 Å². The monoisotopic (exact) mass is 403 g/mol. The van der Waals surface area contributed by atoms with Gasteiger partial charge in [-0.25, -0.2) is 4.79 Å². The first kappa shape index (κ1) is 21.7. The van der Waals surface area contributed by atoms with Gasteiger partial charge in [-0.3, -0.25) is 9.59 Å². The summed E-state index contributed by atoms with van der Waals surface area (Å²) >= 11 is 0. The van der Waals surface area contributed by atoms with Gasteiger partial charge in [-0.1, -0.05) is 19.1 Å². The van der Waals surface area contributed by atoms with Gasteiger partial charge in [0, 0.05) is 23.7 Å². The minimum atomic E-state index is -2.91. The Morgan fingerprint density at radius 2 is 1.69 bits per heavy atom. The number of alkyl halides is 2. The largest absolute Gasteiger partial charge is 0.454 e. The van der Waals surface area contributed by atoms with Crippen LogP contribution in [0.1, 0.15) is 29.3 Å². The van der Waals surface area contributed by atoms with Crippen molar-refractivity contribution in [2.45, 2.75) is 20.0 Å². The Morgan fingerprint density at radius 1 is 1.03 bits per heavy atom. The number of nitrogens with one attached hydrogen (secondary N) is 1. The molecule has 2 aromatic rings. The molecule has 0 spiro atoms. The number of hydrogen-bond acceptors (Lipinski definition) is 5. The van der Waals surface area contributed by atoms with Crippen LogP contribution < -0.4 is 10.1 Å². The number of benzene rings is 2. The van der Waals surface area contributed by atoms with E-state index in [1.54, 1.807) is 19.1 Å². The normalized spacial score (nSPS) is 10.8. The van der Waals surface area contributed by atoms with Crippen molar-refractivity contribution in [3.63, 3.8) is 0 Å². The molecule has 0 aliphatic rings. The zero-order valence-electron chi connectivity index (χ0n) is 15.6. The van der Waals surface area contributed by atoms with Gasteiger partial charge in [-0.15, -0.1) is 0 Å². The zero-order chi connectivity index (χ0) is 21.2. The highest BCUT2D eigenvalue weighted by molar-refractivity contribution is 5.99. The van der Waals surface area contributed by atoms with Gasteiger partial charge in [0.05, 0.1) is 0 Å². The number of carbonyl (C=O) groups is 3. The highest BCUT2D eigenvalue weighted by Crippen LogP contribution is 2.15. The summed E-state index contributed by atoms with van der Waals surface area (Å²) < 4.78 is 33.3. The molecule has 0 saturated carbocycles. The molecule has 6 nitrogen and oxygen atoms in total. The number of amides is 1. The lowest BCUT2D eigenvalue weighted by atomic mass is 10.1. The van der Waals surface area contributed by atoms with Crippen LogP contribution in [-0.4, -0.2) is 30.9 Å². The van der Waals surface area contributed by atoms with Crippen LogP contribution in [0.3, 0.4) is 0 Å². The first-order valence-corrected chi connectivity index (χ1v) is 8.70. The Morgan fingerprint density at radius 3 is 2.28 bits per heavy atom. The second kappa shape index (κ2) is 10.7. The molecule has 8 heteroatoms. The molecule has 0 saturated heterocycles. The molecule has 2 aromatic carbocycles. The van der Waals surface area contributed by atoms with Gasteiger partial charge in [-0.2, -0.15) is 8.78 Å². The molecule has 0 fully saturated rings. The van der Waals surface area contributed by atoms with Crippen molar-refractivity contribution in [3.8, 4) is 5.75 Å². The summed E-state index contributed by atoms with van der Waals surface area (Å²) in [6.45, 7) is -1.62. The quantitative estimate of drug-likeness (QED) is 0.388. The molecule has 152 valence electrons. The van der Waals surface area contributed by atoms with Crippen molar-refractivity contribution in [2.24, 2.45) is 0 Å². The fourth-order valence-corrected chi connectivity index (χ4v) is 2.18. The average molecular weight is 403 g/mol. The van der Waals surface area contributed by atoms with E-state index in [0.717, 1.165) is 6.08 Å². The SMILES string of the molecule is CCC(=O)Nc1ccc(C(=O)COC(=O)/C=C/c2ccc(OC(F)F)cc2)cc1. The van der Waals surface area contributed by atoms with E-state index in [-0.39, 0.29) is 11.7 Å². The highest BCUT2D eigenvalue weighted by Gasteiger charge is 2.09. The van der Waals surface area contributed by atoms with Gasteiger partial charge in [0.25, 0.3) is 0 Å². The summed E-state index contributed by atoms with van der Waals surface area (Å²) in [7, 11) is 0. The molecule has 1 N–H and O–H groups in total. The van der Waals surface area contributed by atoms with Crippen molar-refractivity contribution in [1.29, 1.82) is 0 Å². The van der Waals surface area contributed by atoms with Crippen LogP contribution >= 0.6 is 0 Å². The molecule has 0 aliphatic carbocycles. The van der Waals surface area contributed by atoms with E-state index in [1.165, 1.54) is 42.5 Å². The average Bonchev–Trinajstić information content (AvgIpc) is 2.71. The standard InChI is InChI=1S/C21H19F2NO5/c1-2-19(26)24-16-8-6-15(7-9-16)18(25)13-28-20(27)12-5-14-3-10-17(11-4-14)29-21(22)23/h3-12,21H,2,13H2,1H3,(H,24,26)/b12-5+. The number of ketones is 1. The number of ether oxygens (including phenoxy) is 2. The van der Waals surface area contributed by atoms with Crippen LogP contribution in [0.4, 0.5) is 14.5 Å². The molecule has 0 bridgehead atoms. The number of rotatable bonds is 9. The van der Waals surface area contributed by atoms with Crippen molar-refractivity contribution in [3.05, 3.63) is 65.7 Å². The zero-order valence-corrected chi connectivity index (χ0v) is 15.6. The third-order valence-electron chi connectivity index (χ3n) is 3.67. The second-order valence-corrected chi connectivity index (χ2v) is 5.79. The van der Waals surface area contributed by atoms with E-state index in [0.29, 0.717) is 23.2 Å². The number of halogens is 2. The highest BCUT2D eigenvalue weighted by atomic mass is 19.3. The fraction of sp³-hybridized carbons (Fsp3) is 0.190. The first-order valence-electron chi connectivity index (χ1n) is 8.70. The lowest BCUT2D eigenvalue weighted by Gasteiger charge is -2.05. The number of Topliss-reactive ketones (excluding diaryl/α,β-unsaturated/α-hetero) is 1. The maximum atomic E-state index is 12.1. The summed E-state index contributed by atoms with van der Waals surface area (Å²) in [5.41, 5.74) is 1.48. The number of carbonyl (C=O) groups excluding carboxylic acids is 3. The Hall–Kier alpha value is -3.55. The van der Waals surface area contributed by atoms with E-state index < -0.39 is 25.0 Å². The number of esters is 1. The molecule has 0 aliphatic heterocycles. The molecule has 0 atom stereocenters. The summed E-state index contributed by atoms with van der Waals surface area (Å²) in [6.07, 6.45) is 2.89. The van der Waals surface area contributed by atoms with Gasteiger partial charge in [-0.05, 0) is 48.0 Å². The van der Waals surface area contributed by atoms with E-state index in [9.17, 15) is 23.2 Å². The fourth-order valence-electron chi connectivity index (χ4n) is 2.18. The van der Waals surface area contributed by atoms with Gasteiger partial charge in [0.15, 0.2) is 12.4 Å². The predicted molar refractivity (Wildman–Crippen MR) is 103 cm³/mol. The van der Waals surface area contributed by atoms with Crippen LogP contribution in [0.2, 0.25) is 0 Å². The van der Waals surface area contributed by atoms with E-state index in [4.69, 9.17) is 4.74 Å². The van der Waals surface area contributed by atoms with Gasteiger partial charge >= 0.3 is 12.6 Å². The molecular weight excluding hydrogens is 384 g/mol. The van der Waals surface area contributed by atoms with Gasteiger partial charge in [0.1, 0.15) is 5.75 Å². The van der Waals surface area contributed by atoms with E-state index >= 15 is 0 Å².